The summed E-state index contributed by atoms with van der Waals surface area (Å²) in [7, 11) is -3.60. The van der Waals surface area contributed by atoms with Crippen molar-refractivity contribution in [2.24, 2.45) is 0 Å². The molecule has 0 atom stereocenters. The van der Waals surface area contributed by atoms with Crippen LogP contribution in [0.25, 0.3) is 0 Å². The molecule has 0 fully saturated rings. The van der Waals surface area contributed by atoms with Gasteiger partial charge in [-0.1, -0.05) is 0 Å². The van der Waals surface area contributed by atoms with Crippen molar-refractivity contribution < 1.29 is 21.9 Å². The van der Waals surface area contributed by atoms with Gasteiger partial charge in [0.1, 0.15) is 5.82 Å². The van der Waals surface area contributed by atoms with Crippen molar-refractivity contribution >= 4 is 15.7 Å². The Bertz CT molecular complexity index is 861. The Morgan fingerprint density at radius 3 is 2.45 bits per heavy atom. The maximum absolute atomic E-state index is 13.6. The summed E-state index contributed by atoms with van der Waals surface area (Å²) >= 11 is 0. The summed E-state index contributed by atoms with van der Waals surface area (Å²) in [6.45, 7) is 0. The molecule has 0 aliphatic heterocycles. The zero-order valence-electron chi connectivity index (χ0n) is 11.3. The lowest BCUT2D eigenvalue weighted by Crippen LogP contribution is -2.10. The van der Waals surface area contributed by atoms with Crippen LogP contribution in [-0.4, -0.2) is 14.7 Å². The molecule has 0 radical (unpaired) electrons. The first-order valence-electron chi connectivity index (χ1n) is 5.93. The van der Waals surface area contributed by atoms with Gasteiger partial charge in [-0.3, -0.25) is 4.72 Å². The molecule has 1 N–H and O–H groups in total. The van der Waals surface area contributed by atoms with E-state index in [1.165, 1.54) is 18.2 Å². The molecule has 2 aromatic carbocycles. The summed E-state index contributed by atoms with van der Waals surface area (Å²) < 4.78 is 56.6. The minimum Gasteiger partial charge on any atom is -0.452 e. The smallest absolute Gasteiger partial charge is 0.229 e. The first-order valence-corrected chi connectivity index (χ1v) is 7.82. The number of anilines is 1. The van der Waals surface area contributed by atoms with Crippen LogP contribution in [0, 0.1) is 23.0 Å². The molecule has 0 aromatic heterocycles. The number of nitriles is 1. The number of ether oxygens (including phenoxy) is 1. The molecule has 0 heterocycles. The van der Waals surface area contributed by atoms with Crippen molar-refractivity contribution in [3.05, 3.63) is 53.6 Å². The number of benzene rings is 2. The van der Waals surface area contributed by atoms with E-state index < -0.39 is 21.7 Å². The van der Waals surface area contributed by atoms with E-state index in [1.54, 1.807) is 0 Å². The summed E-state index contributed by atoms with van der Waals surface area (Å²) in [5, 5.41) is 8.87. The first-order chi connectivity index (χ1) is 10.3. The SMILES string of the molecule is CS(=O)(=O)Nc1ccc(C#N)cc1Oc1ccc(F)cc1F. The summed E-state index contributed by atoms with van der Waals surface area (Å²) in [6, 6.07) is 8.49. The highest BCUT2D eigenvalue weighted by Gasteiger charge is 2.13. The molecule has 22 heavy (non-hydrogen) atoms. The van der Waals surface area contributed by atoms with Gasteiger partial charge in [-0.25, -0.2) is 17.2 Å². The molecule has 0 aliphatic carbocycles. The van der Waals surface area contributed by atoms with Crippen LogP contribution in [0.3, 0.4) is 0 Å². The topological polar surface area (TPSA) is 79.2 Å². The Balaban J connectivity index is 2.45. The quantitative estimate of drug-likeness (QED) is 0.937. The number of hydrogen-bond donors (Lipinski definition) is 1. The van der Waals surface area contributed by atoms with Crippen molar-refractivity contribution in [3.8, 4) is 17.6 Å². The second-order valence-electron chi connectivity index (χ2n) is 4.37. The van der Waals surface area contributed by atoms with E-state index >= 15 is 0 Å². The lowest BCUT2D eigenvalue weighted by molar-refractivity contribution is 0.439. The molecule has 0 spiro atoms. The van der Waals surface area contributed by atoms with E-state index in [0.29, 0.717) is 6.07 Å². The monoisotopic (exact) mass is 324 g/mol. The molecule has 0 amide bonds. The lowest BCUT2D eigenvalue weighted by Gasteiger charge is -2.12. The fourth-order valence-electron chi connectivity index (χ4n) is 1.64. The van der Waals surface area contributed by atoms with E-state index in [1.807, 2.05) is 6.07 Å². The summed E-state index contributed by atoms with van der Waals surface area (Å²) in [5.41, 5.74) is 0.224. The molecule has 0 saturated heterocycles. The van der Waals surface area contributed by atoms with E-state index in [2.05, 4.69) is 4.72 Å². The van der Waals surface area contributed by atoms with Crippen LogP contribution >= 0.6 is 0 Å². The van der Waals surface area contributed by atoms with Crippen LogP contribution in [0.1, 0.15) is 5.56 Å². The average Bonchev–Trinajstić information content (AvgIpc) is 2.42. The summed E-state index contributed by atoms with van der Waals surface area (Å²) in [6.07, 6.45) is 0.938. The van der Waals surface area contributed by atoms with Gasteiger partial charge in [0.25, 0.3) is 0 Å². The molecule has 0 unspecified atom stereocenters. The second kappa shape index (κ2) is 5.99. The summed E-state index contributed by atoms with van der Waals surface area (Å²) in [5.74, 6) is -2.10. The molecule has 8 heteroatoms. The van der Waals surface area contributed by atoms with Crippen molar-refractivity contribution in [1.82, 2.24) is 0 Å². The molecule has 0 aliphatic rings. The molecule has 2 aromatic rings. The number of hydrogen-bond acceptors (Lipinski definition) is 4. The lowest BCUT2D eigenvalue weighted by atomic mass is 10.2. The van der Waals surface area contributed by atoms with E-state index in [9.17, 15) is 17.2 Å². The van der Waals surface area contributed by atoms with E-state index in [0.717, 1.165) is 18.4 Å². The maximum Gasteiger partial charge on any atom is 0.229 e. The van der Waals surface area contributed by atoms with Crippen molar-refractivity contribution in [2.45, 2.75) is 0 Å². The molecular formula is C14H10F2N2O3S. The number of halogens is 2. The Hall–Kier alpha value is -2.66. The normalized spacial score (nSPS) is 10.8. The Kier molecular flexibility index (Phi) is 4.28. The van der Waals surface area contributed by atoms with Gasteiger partial charge in [0.15, 0.2) is 17.3 Å². The predicted molar refractivity (Wildman–Crippen MR) is 76.1 cm³/mol. The minimum atomic E-state index is -3.60. The number of rotatable bonds is 4. The fourth-order valence-corrected chi connectivity index (χ4v) is 2.20. The molecule has 114 valence electrons. The van der Waals surface area contributed by atoms with Crippen LogP contribution in [0.15, 0.2) is 36.4 Å². The largest absolute Gasteiger partial charge is 0.452 e. The Labute approximate surface area is 125 Å². The van der Waals surface area contributed by atoms with Crippen molar-refractivity contribution in [3.63, 3.8) is 0 Å². The highest BCUT2D eigenvalue weighted by atomic mass is 32.2. The summed E-state index contributed by atoms with van der Waals surface area (Å²) in [4.78, 5) is 0. The minimum absolute atomic E-state index is 0.0326. The molecular weight excluding hydrogens is 314 g/mol. The van der Waals surface area contributed by atoms with Gasteiger partial charge in [-0.05, 0) is 24.3 Å². The predicted octanol–water partition coefficient (Wildman–Crippen LogP) is 3.00. The van der Waals surface area contributed by atoms with Crippen molar-refractivity contribution in [1.29, 1.82) is 5.26 Å². The van der Waals surface area contributed by atoms with Gasteiger partial charge >= 0.3 is 0 Å². The van der Waals surface area contributed by atoms with Gasteiger partial charge in [0.05, 0.1) is 23.6 Å². The van der Waals surface area contributed by atoms with Crippen LogP contribution < -0.4 is 9.46 Å². The third kappa shape index (κ3) is 3.93. The fraction of sp³-hybridized carbons (Fsp3) is 0.0714. The zero-order chi connectivity index (χ0) is 16.3. The molecule has 2 rings (SSSR count). The third-order valence-electron chi connectivity index (χ3n) is 2.52. The Morgan fingerprint density at radius 1 is 1.14 bits per heavy atom. The van der Waals surface area contributed by atoms with Crippen LogP contribution in [0.2, 0.25) is 0 Å². The molecule has 0 saturated carbocycles. The maximum atomic E-state index is 13.6. The highest BCUT2D eigenvalue weighted by molar-refractivity contribution is 7.92. The van der Waals surface area contributed by atoms with Gasteiger partial charge in [0.2, 0.25) is 10.0 Å². The van der Waals surface area contributed by atoms with E-state index in [4.69, 9.17) is 10.00 Å². The van der Waals surface area contributed by atoms with Crippen molar-refractivity contribution in [2.75, 3.05) is 11.0 Å². The highest BCUT2D eigenvalue weighted by Crippen LogP contribution is 2.32. The standard InChI is InChI=1S/C14H10F2N2O3S/c1-22(19,20)18-12-4-2-9(8-17)6-14(12)21-13-5-3-10(15)7-11(13)16/h2-7,18H,1H3. The van der Waals surface area contributed by atoms with Crippen LogP contribution in [0.4, 0.5) is 14.5 Å². The first kappa shape index (κ1) is 15.7. The van der Waals surface area contributed by atoms with Crippen LogP contribution in [-0.2, 0) is 10.0 Å². The number of nitrogens with zero attached hydrogens (tertiary/aromatic N) is 1. The van der Waals surface area contributed by atoms with Crippen LogP contribution in [0.5, 0.6) is 11.5 Å². The van der Waals surface area contributed by atoms with Gasteiger partial charge in [0, 0.05) is 12.1 Å². The zero-order valence-corrected chi connectivity index (χ0v) is 12.1. The van der Waals surface area contributed by atoms with E-state index in [-0.39, 0.29) is 22.7 Å². The average molecular weight is 324 g/mol. The van der Waals surface area contributed by atoms with Gasteiger partial charge in [-0.15, -0.1) is 0 Å². The molecule has 5 nitrogen and oxygen atoms in total. The molecule has 0 bridgehead atoms. The number of nitrogens with one attached hydrogen (secondary N) is 1. The van der Waals surface area contributed by atoms with Gasteiger partial charge < -0.3 is 4.74 Å². The second-order valence-corrected chi connectivity index (χ2v) is 6.12. The number of sulfonamides is 1. The Morgan fingerprint density at radius 2 is 1.86 bits per heavy atom. The van der Waals surface area contributed by atoms with Gasteiger partial charge in [-0.2, -0.15) is 5.26 Å². The third-order valence-corrected chi connectivity index (χ3v) is 3.11.